The molecule has 82 valence electrons. The first kappa shape index (κ1) is 12.2. The highest BCUT2D eigenvalue weighted by molar-refractivity contribution is 7.11. The maximum Gasteiger partial charge on any atom is 0.107 e. The van der Waals surface area contributed by atoms with E-state index in [4.69, 9.17) is 5.26 Å². The Labute approximate surface area is 95.2 Å². The number of rotatable bonds is 5. The van der Waals surface area contributed by atoms with Crippen molar-refractivity contribution < 1.29 is 0 Å². The minimum absolute atomic E-state index is 0.237. The number of nitrogens with zero attached hydrogens (tertiary/aromatic N) is 2. The number of hydrogen-bond acceptors (Lipinski definition) is 4. The Hall–Kier alpha value is -0.920. The second kappa shape index (κ2) is 5.84. The summed E-state index contributed by atoms with van der Waals surface area (Å²) in [7, 11) is 0. The molecule has 3 nitrogen and oxygen atoms in total. The molecule has 0 aromatic carbocycles. The molecule has 0 aliphatic carbocycles. The Kier molecular flexibility index (Phi) is 4.73. The van der Waals surface area contributed by atoms with Gasteiger partial charge in [-0.15, -0.1) is 11.3 Å². The average molecular weight is 223 g/mol. The zero-order valence-corrected chi connectivity index (χ0v) is 10.3. The topological polar surface area (TPSA) is 48.7 Å². The van der Waals surface area contributed by atoms with Crippen LogP contribution in [0.3, 0.4) is 0 Å². The molecule has 0 radical (unpaired) electrons. The number of aromatic nitrogens is 1. The summed E-state index contributed by atoms with van der Waals surface area (Å²) in [5.41, 5.74) is 0. The number of nitriles is 1. The lowest BCUT2D eigenvalue weighted by atomic mass is 10.2. The van der Waals surface area contributed by atoms with Gasteiger partial charge in [0.2, 0.25) is 0 Å². The van der Waals surface area contributed by atoms with Crippen LogP contribution in [0.2, 0.25) is 0 Å². The summed E-state index contributed by atoms with van der Waals surface area (Å²) >= 11 is 1.74. The summed E-state index contributed by atoms with van der Waals surface area (Å²) in [6.07, 6.45) is 2.49. The normalized spacial score (nSPS) is 12.7. The van der Waals surface area contributed by atoms with Gasteiger partial charge in [0.15, 0.2) is 0 Å². The first-order valence-corrected chi connectivity index (χ1v) is 6.00. The van der Waals surface area contributed by atoms with Gasteiger partial charge in [0.1, 0.15) is 5.01 Å². The van der Waals surface area contributed by atoms with Crippen LogP contribution < -0.4 is 5.32 Å². The highest BCUT2D eigenvalue weighted by Gasteiger charge is 2.06. The fourth-order valence-corrected chi connectivity index (χ4v) is 2.02. The molecule has 1 aromatic rings. The maximum atomic E-state index is 8.51. The first-order chi connectivity index (χ1) is 7.13. The van der Waals surface area contributed by atoms with Gasteiger partial charge < -0.3 is 5.32 Å². The Bertz CT molecular complexity index is 338. The second-order valence-corrected chi connectivity index (χ2v) is 5.10. The third-order valence-corrected chi connectivity index (χ3v) is 3.44. The molecule has 1 unspecified atom stereocenters. The molecular weight excluding hydrogens is 206 g/mol. The lowest BCUT2D eigenvalue weighted by Gasteiger charge is -2.07. The van der Waals surface area contributed by atoms with E-state index in [9.17, 15) is 0 Å². The van der Waals surface area contributed by atoms with Crippen LogP contribution in [0.5, 0.6) is 0 Å². The van der Waals surface area contributed by atoms with Crippen LogP contribution in [0.15, 0.2) is 6.20 Å². The van der Waals surface area contributed by atoms with Gasteiger partial charge >= 0.3 is 0 Å². The van der Waals surface area contributed by atoms with Crippen molar-refractivity contribution in [3.05, 3.63) is 16.1 Å². The molecule has 0 saturated carbocycles. The van der Waals surface area contributed by atoms with Crippen molar-refractivity contribution in [3.8, 4) is 6.07 Å². The number of thiazole rings is 1. The first-order valence-electron chi connectivity index (χ1n) is 5.18. The zero-order valence-electron chi connectivity index (χ0n) is 9.45. The largest absolute Gasteiger partial charge is 0.307 e. The predicted octanol–water partition coefficient (Wildman–Crippen LogP) is 2.66. The Morgan fingerprint density at radius 1 is 1.53 bits per heavy atom. The summed E-state index contributed by atoms with van der Waals surface area (Å²) in [4.78, 5) is 5.66. The summed E-state index contributed by atoms with van der Waals surface area (Å²) in [6.45, 7) is 7.12. The molecule has 0 amide bonds. The van der Waals surface area contributed by atoms with Crippen molar-refractivity contribution in [2.24, 2.45) is 0 Å². The van der Waals surface area contributed by atoms with Crippen molar-refractivity contribution in [3.63, 3.8) is 0 Å². The van der Waals surface area contributed by atoms with Gasteiger partial charge in [-0.3, -0.25) is 0 Å². The van der Waals surface area contributed by atoms with Crippen LogP contribution in [0, 0.1) is 11.3 Å². The third-order valence-electron chi connectivity index (χ3n) is 2.14. The Balaban J connectivity index is 2.41. The molecule has 1 heterocycles. The molecule has 1 N–H and O–H groups in total. The molecule has 0 spiro atoms. The van der Waals surface area contributed by atoms with E-state index in [1.54, 1.807) is 11.3 Å². The maximum absolute atomic E-state index is 8.51. The Morgan fingerprint density at radius 3 is 2.80 bits per heavy atom. The van der Waals surface area contributed by atoms with E-state index < -0.39 is 0 Å². The van der Waals surface area contributed by atoms with Gasteiger partial charge in [0, 0.05) is 23.7 Å². The predicted molar refractivity (Wildman–Crippen MR) is 62.7 cm³/mol. The van der Waals surface area contributed by atoms with Crippen LogP contribution >= 0.6 is 11.3 Å². The van der Waals surface area contributed by atoms with E-state index in [-0.39, 0.29) is 6.04 Å². The van der Waals surface area contributed by atoms with Gasteiger partial charge in [0.05, 0.1) is 12.5 Å². The standard InChI is InChI=1S/C11H17N3S/c1-8(2)10-6-14-11(15-10)7-13-9(3)4-5-12/h6,8-9,13H,4,7H2,1-3H3. The van der Waals surface area contributed by atoms with Crippen molar-refractivity contribution in [1.29, 1.82) is 5.26 Å². The minimum atomic E-state index is 0.237. The molecule has 1 aromatic heterocycles. The van der Waals surface area contributed by atoms with Crippen LogP contribution in [0.4, 0.5) is 0 Å². The molecular formula is C11H17N3S. The fraction of sp³-hybridized carbons (Fsp3) is 0.636. The molecule has 15 heavy (non-hydrogen) atoms. The van der Waals surface area contributed by atoms with E-state index in [1.165, 1.54) is 4.88 Å². The van der Waals surface area contributed by atoms with Crippen LogP contribution in [0.25, 0.3) is 0 Å². The summed E-state index contributed by atoms with van der Waals surface area (Å²) in [6, 6.07) is 2.39. The zero-order chi connectivity index (χ0) is 11.3. The second-order valence-electron chi connectivity index (χ2n) is 3.96. The number of hydrogen-bond donors (Lipinski definition) is 1. The summed E-state index contributed by atoms with van der Waals surface area (Å²) in [5, 5.41) is 12.9. The van der Waals surface area contributed by atoms with Crippen molar-refractivity contribution in [2.45, 2.75) is 45.7 Å². The van der Waals surface area contributed by atoms with E-state index in [0.29, 0.717) is 12.3 Å². The molecule has 0 saturated heterocycles. The van der Waals surface area contributed by atoms with Crippen molar-refractivity contribution >= 4 is 11.3 Å². The highest BCUT2D eigenvalue weighted by Crippen LogP contribution is 2.21. The summed E-state index contributed by atoms with van der Waals surface area (Å²) < 4.78 is 0. The van der Waals surface area contributed by atoms with Crippen LogP contribution in [0.1, 0.15) is 43.0 Å². The van der Waals surface area contributed by atoms with E-state index in [1.807, 2.05) is 13.1 Å². The van der Waals surface area contributed by atoms with Gasteiger partial charge in [-0.1, -0.05) is 13.8 Å². The van der Waals surface area contributed by atoms with Gasteiger partial charge in [-0.25, -0.2) is 4.98 Å². The lowest BCUT2D eigenvalue weighted by Crippen LogP contribution is -2.24. The Morgan fingerprint density at radius 2 is 2.27 bits per heavy atom. The van der Waals surface area contributed by atoms with Gasteiger partial charge in [-0.2, -0.15) is 5.26 Å². The molecule has 0 bridgehead atoms. The molecule has 0 fully saturated rings. The van der Waals surface area contributed by atoms with Crippen molar-refractivity contribution in [1.82, 2.24) is 10.3 Å². The van der Waals surface area contributed by atoms with E-state index in [2.05, 4.69) is 30.2 Å². The molecule has 0 aliphatic heterocycles. The van der Waals surface area contributed by atoms with Gasteiger partial charge in [0.25, 0.3) is 0 Å². The highest BCUT2D eigenvalue weighted by atomic mass is 32.1. The monoisotopic (exact) mass is 223 g/mol. The van der Waals surface area contributed by atoms with Crippen molar-refractivity contribution in [2.75, 3.05) is 0 Å². The molecule has 0 aliphatic rings. The third kappa shape index (κ3) is 3.98. The van der Waals surface area contributed by atoms with Crippen LogP contribution in [-0.4, -0.2) is 11.0 Å². The average Bonchev–Trinajstić information content (AvgIpc) is 2.63. The minimum Gasteiger partial charge on any atom is -0.307 e. The van der Waals surface area contributed by atoms with E-state index >= 15 is 0 Å². The quantitative estimate of drug-likeness (QED) is 0.835. The fourth-order valence-electron chi connectivity index (χ4n) is 1.14. The van der Waals surface area contributed by atoms with E-state index in [0.717, 1.165) is 11.6 Å². The van der Waals surface area contributed by atoms with Gasteiger partial charge in [-0.05, 0) is 12.8 Å². The molecule has 4 heteroatoms. The summed E-state index contributed by atoms with van der Waals surface area (Å²) in [5.74, 6) is 0.549. The lowest BCUT2D eigenvalue weighted by molar-refractivity contribution is 0.556. The molecule has 1 atom stereocenters. The number of nitrogens with one attached hydrogen (secondary N) is 1. The molecule has 1 rings (SSSR count). The van der Waals surface area contributed by atoms with Crippen LogP contribution in [-0.2, 0) is 6.54 Å². The SMILES string of the molecule is CC(CC#N)NCc1ncc(C(C)C)s1. The smallest absolute Gasteiger partial charge is 0.107 e.